The number of sulfonamides is 1. The predicted octanol–water partition coefficient (Wildman–Crippen LogP) is 2.72. The Kier molecular flexibility index (Phi) is 6.26. The molecule has 1 N–H and O–H groups in total. The molecule has 7 heteroatoms. The van der Waals surface area contributed by atoms with Crippen molar-refractivity contribution in [1.29, 1.82) is 0 Å². The van der Waals surface area contributed by atoms with Crippen LogP contribution >= 0.6 is 0 Å². The lowest BCUT2D eigenvalue weighted by atomic mass is 9.88. The molecule has 1 saturated heterocycles. The van der Waals surface area contributed by atoms with Crippen molar-refractivity contribution in [3.63, 3.8) is 0 Å². The Morgan fingerprint density at radius 3 is 2.29 bits per heavy atom. The summed E-state index contributed by atoms with van der Waals surface area (Å²) in [6.07, 6.45) is 1.21. The molecule has 1 aliphatic heterocycles. The van der Waals surface area contributed by atoms with E-state index in [2.05, 4.69) is 4.72 Å². The van der Waals surface area contributed by atoms with Gasteiger partial charge in [-0.25, -0.2) is 13.1 Å². The maximum absolute atomic E-state index is 12.8. The van der Waals surface area contributed by atoms with Crippen molar-refractivity contribution in [3.05, 3.63) is 65.7 Å². The van der Waals surface area contributed by atoms with Gasteiger partial charge in [0.25, 0.3) is 5.91 Å². The van der Waals surface area contributed by atoms with E-state index < -0.39 is 10.0 Å². The number of benzene rings is 2. The first kappa shape index (κ1) is 20.2. The molecular weight excluding hydrogens is 376 g/mol. The highest BCUT2D eigenvalue weighted by Crippen LogP contribution is 2.23. The van der Waals surface area contributed by atoms with Crippen LogP contribution in [0.2, 0.25) is 0 Å². The number of nitrogens with zero attached hydrogens (tertiary/aromatic N) is 1. The number of hydrogen-bond donors (Lipinski definition) is 1. The van der Waals surface area contributed by atoms with Gasteiger partial charge >= 0.3 is 0 Å². The lowest BCUT2D eigenvalue weighted by molar-refractivity contribution is 0.0650. The third-order valence-electron chi connectivity index (χ3n) is 4.94. The first-order valence-corrected chi connectivity index (χ1v) is 10.9. The Balaban J connectivity index is 1.67. The normalized spacial score (nSPS) is 15.4. The molecule has 1 fully saturated rings. The van der Waals surface area contributed by atoms with Gasteiger partial charge in [-0.15, -0.1) is 0 Å². The lowest BCUT2D eigenvalue weighted by Gasteiger charge is -2.31. The van der Waals surface area contributed by atoms with Gasteiger partial charge in [-0.3, -0.25) is 9.59 Å². The predicted molar refractivity (Wildman–Crippen MR) is 107 cm³/mol. The highest BCUT2D eigenvalue weighted by Gasteiger charge is 2.28. The molecule has 2 aromatic rings. The molecule has 1 aliphatic rings. The summed E-state index contributed by atoms with van der Waals surface area (Å²) in [6.45, 7) is 2.94. The van der Waals surface area contributed by atoms with Crippen molar-refractivity contribution in [2.45, 2.75) is 24.7 Å². The molecule has 28 heavy (non-hydrogen) atoms. The zero-order valence-corrected chi connectivity index (χ0v) is 16.6. The molecule has 0 bridgehead atoms. The van der Waals surface area contributed by atoms with E-state index in [9.17, 15) is 18.0 Å². The summed E-state index contributed by atoms with van der Waals surface area (Å²) in [6, 6.07) is 15.3. The molecule has 148 valence electrons. The van der Waals surface area contributed by atoms with Crippen LogP contribution in [0, 0.1) is 5.92 Å². The average molecular weight is 401 g/mol. The number of rotatable bonds is 6. The van der Waals surface area contributed by atoms with Crippen LogP contribution < -0.4 is 4.72 Å². The fourth-order valence-electron chi connectivity index (χ4n) is 3.44. The minimum Gasteiger partial charge on any atom is -0.339 e. The van der Waals surface area contributed by atoms with Gasteiger partial charge in [0, 0.05) is 36.7 Å². The number of Topliss-reactive ketones (excluding diaryl/α,β-unsaturated/α-hetero) is 1. The molecule has 0 atom stereocenters. The molecule has 3 rings (SSSR count). The molecule has 0 aliphatic carbocycles. The van der Waals surface area contributed by atoms with Gasteiger partial charge in [-0.05, 0) is 31.0 Å². The second-order valence-electron chi connectivity index (χ2n) is 6.83. The highest BCUT2D eigenvalue weighted by atomic mass is 32.2. The maximum Gasteiger partial charge on any atom is 0.253 e. The van der Waals surface area contributed by atoms with Crippen molar-refractivity contribution < 1.29 is 18.0 Å². The van der Waals surface area contributed by atoms with E-state index in [-0.39, 0.29) is 29.0 Å². The molecule has 0 spiro atoms. The molecule has 6 nitrogen and oxygen atoms in total. The van der Waals surface area contributed by atoms with E-state index in [1.165, 1.54) is 12.1 Å². The minimum atomic E-state index is -3.61. The van der Waals surface area contributed by atoms with E-state index in [0.717, 1.165) is 0 Å². The monoisotopic (exact) mass is 400 g/mol. The van der Waals surface area contributed by atoms with Gasteiger partial charge in [-0.1, -0.05) is 43.3 Å². The number of hydrogen-bond acceptors (Lipinski definition) is 4. The minimum absolute atomic E-state index is 0.0781. The zero-order valence-electron chi connectivity index (χ0n) is 15.8. The number of piperidine rings is 1. The SMILES string of the molecule is CCNS(=O)(=O)c1cccc(C(=O)N2CCC(C(=O)c3ccccc3)CC2)c1. The molecule has 2 aromatic carbocycles. The number of carbonyl (C=O) groups excluding carboxylic acids is 2. The first-order chi connectivity index (χ1) is 13.4. The van der Waals surface area contributed by atoms with Crippen LogP contribution in [0.3, 0.4) is 0 Å². The Morgan fingerprint density at radius 1 is 1.00 bits per heavy atom. The van der Waals surface area contributed by atoms with Crippen molar-refractivity contribution >= 4 is 21.7 Å². The maximum atomic E-state index is 12.8. The summed E-state index contributed by atoms with van der Waals surface area (Å²) in [4.78, 5) is 27.2. The average Bonchev–Trinajstić information content (AvgIpc) is 2.73. The number of ketones is 1. The van der Waals surface area contributed by atoms with Gasteiger partial charge < -0.3 is 4.90 Å². The fraction of sp³-hybridized carbons (Fsp3) is 0.333. The van der Waals surface area contributed by atoms with Crippen molar-refractivity contribution in [2.75, 3.05) is 19.6 Å². The summed E-state index contributed by atoms with van der Waals surface area (Å²) in [5.41, 5.74) is 1.04. The molecule has 1 amide bonds. The van der Waals surface area contributed by atoms with Crippen molar-refractivity contribution in [1.82, 2.24) is 9.62 Å². The van der Waals surface area contributed by atoms with E-state index in [1.807, 2.05) is 30.3 Å². The smallest absolute Gasteiger partial charge is 0.253 e. The van der Waals surface area contributed by atoms with Gasteiger partial charge in [-0.2, -0.15) is 0 Å². The molecule has 0 unspecified atom stereocenters. The summed E-state index contributed by atoms with van der Waals surface area (Å²) in [5.74, 6) is -0.183. The lowest BCUT2D eigenvalue weighted by Crippen LogP contribution is -2.40. The van der Waals surface area contributed by atoms with Gasteiger partial charge in [0.2, 0.25) is 10.0 Å². The molecule has 0 saturated carbocycles. The van der Waals surface area contributed by atoms with Crippen LogP contribution in [0.1, 0.15) is 40.5 Å². The van der Waals surface area contributed by atoms with Gasteiger partial charge in [0.1, 0.15) is 0 Å². The Morgan fingerprint density at radius 2 is 1.64 bits per heavy atom. The zero-order chi connectivity index (χ0) is 20.1. The fourth-order valence-corrected chi connectivity index (χ4v) is 4.52. The Bertz CT molecular complexity index is 949. The van der Waals surface area contributed by atoms with Crippen LogP contribution in [-0.4, -0.2) is 44.6 Å². The number of carbonyl (C=O) groups is 2. The standard InChI is InChI=1S/C21H24N2O4S/c1-2-22-28(26,27)19-10-6-9-18(15-19)21(25)23-13-11-17(12-14-23)20(24)16-7-4-3-5-8-16/h3-10,15,17,22H,2,11-14H2,1H3. The van der Waals surface area contributed by atoms with Crippen LogP contribution in [0.5, 0.6) is 0 Å². The van der Waals surface area contributed by atoms with Gasteiger partial charge in [0.05, 0.1) is 4.90 Å². The third kappa shape index (κ3) is 4.48. The molecule has 0 radical (unpaired) electrons. The summed E-state index contributed by atoms with van der Waals surface area (Å²) in [5, 5.41) is 0. The quantitative estimate of drug-likeness (QED) is 0.756. The van der Waals surface area contributed by atoms with E-state index in [4.69, 9.17) is 0 Å². The first-order valence-electron chi connectivity index (χ1n) is 9.40. The van der Waals surface area contributed by atoms with Crippen LogP contribution in [0.25, 0.3) is 0 Å². The van der Waals surface area contributed by atoms with E-state index in [1.54, 1.807) is 24.0 Å². The highest BCUT2D eigenvalue weighted by molar-refractivity contribution is 7.89. The number of likely N-dealkylation sites (tertiary alicyclic amines) is 1. The summed E-state index contributed by atoms with van der Waals surface area (Å²) < 4.78 is 26.8. The van der Waals surface area contributed by atoms with Crippen molar-refractivity contribution in [3.8, 4) is 0 Å². The molecule has 1 heterocycles. The largest absolute Gasteiger partial charge is 0.339 e. The summed E-state index contributed by atoms with van der Waals surface area (Å²) in [7, 11) is -3.61. The van der Waals surface area contributed by atoms with Crippen molar-refractivity contribution in [2.24, 2.45) is 5.92 Å². The topological polar surface area (TPSA) is 83.6 Å². The third-order valence-corrected chi connectivity index (χ3v) is 6.48. The second-order valence-corrected chi connectivity index (χ2v) is 8.59. The Hall–Kier alpha value is -2.51. The van der Waals surface area contributed by atoms with E-state index >= 15 is 0 Å². The van der Waals surface area contributed by atoms with Crippen LogP contribution in [-0.2, 0) is 10.0 Å². The molecular formula is C21H24N2O4S. The van der Waals surface area contributed by atoms with Crippen LogP contribution in [0.15, 0.2) is 59.5 Å². The summed E-state index contributed by atoms with van der Waals surface area (Å²) >= 11 is 0. The Labute approximate surface area is 165 Å². The van der Waals surface area contributed by atoms with Gasteiger partial charge in [0.15, 0.2) is 5.78 Å². The molecule has 0 aromatic heterocycles. The number of amides is 1. The van der Waals surface area contributed by atoms with Crippen LogP contribution in [0.4, 0.5) is 0 Å². The second kappa shape index (κ2) is 8.67. The number of nitrogens with one attached hydrogen (secondary N) is 1. The van der Waals surface area contributed by atoms with E-state index in [0.29, 0.717) is 37.1 Å².